The summed E-state index contributed by atoms with van der Waals surface area (Å²) in [5.41, 5.74) is 3.33. The van der Waals surface area contributed by atoms with E-state index in [4.69, 9.17) is 4.74 Å². The Bertz CT molecular complexity index is 550. The molecule has 0 radical (unpaired) electrons. The van der Waals surface area contributed by atoms with Gasteiger partial charge < -0.3 is 4.74 Å². The molecule has 1 heterocycles. The fraction of sp³-hybridized carbons (Fsp3) is 0.143. The van der Waals surface area contributed by atoms with Gasteiger partial charge in [0.1, 0.15) is 5.75 Å². The summed E-state index contributed by atoms with van der Waals surface area (Å²) in [7, 11) is 1.62. The summed E-state index contributed by atoms with van der Waals surface area (Å²) < 4.78 is 5.32. The van der Waals surface area contributed by atoms with Crippen molar-refractivity contribution in [2.24, 2.45) is 0 Å². The van der Waals surface area contributed by atoms with E-state index in [1.807, 2.05) is 31.2 Å². The normalized spacial score (nSPS) is 10.0. The average molecular weight is 227 g/mol. The van der Waals surface area contributed by atoms with Crippen LogP contribution in [-0.2, 0) is 0 Å². The number of carbonyl (C=O) groups is 1. The molecule has 17 heavy (non-hydrogen) atoms. The number of aromatic nitrogens is 1. The van der Waals surface area contributed by atoms with E-state index in [2.05, 4.69) is 4.98 Å². The molecule has 0 aliphatic rings. The maximum absolute atomic E-state index is 11.1. The standard InChI is InChI=1S/C14H13NO2/c1-10-7-15-8-11(9-16)14(10)12-5-3-4-6-13(12)17-2/h3-9H,1-2H3. The summed E-state index contributed by atoms with van der Waals surface area (Å²) in [6, 6.07) is 7.64. The lowest BCUT2D eigenvalue weighted by molar-refractivity contribution is 0.112. The second-order valence-electron chi connectivity index (χ2n) is 3.74. The van der Waals surface area contributed by atoms with Crippen molar-refractivity contribution in [2.45, 2.75) is 6.92 Å². The van der Waals surface area contributed by atoms with Crippen molar-refractivity contribution in [1.82, 2.24) is 4.98 Å². The molecule has 0 bridgehead atoms. The van der Waals surface area contributed by atoms with Crippen LogP contribution >= 0.6 is 0 Å². The summed E-state index contributed by atoms with van der Waals surface area (Å²) in [5.74, 6) is 0.755. The minimum Gasteiger partial charge on any atom is -0.496 e. The molecular weight excluding hydrogens is 214 g/mol. The molecule has 0 aliphatic heterocycles. The lowest BCUT2D eigenvalue weighted by Gasteiger charge is -2.12. The van der Waals surface area contributed by atoms with Gasteiger partial charge in [0.25, 0.3) is 0 Å². The second-order valence-corrected chi connectivity index (χ2v) is 3.74. The van der Waals surface area contributed by atoms with Gasteiger partial charge in [-0.15, -0.1) is 0 Å². The molecule has 0 atom stereocenters. The molecule has 2 aromatic rings. The molecule has 0 fully saturated rings. The number of methoxy groups -OCH3 is 1. The lowest BCUT2D eigenvalue weighted by atomic mass is 9.97. The third-order valence-electron chi connectivity index (χ3n) is 2.67. The maximum Gasteiger partial charge on any atom is 0.152 e. The van der Waals surface area contributed by atoms with Crippen molar-refractivity contribution in [1.29, 1.82) is 0 Å². The average Bonchev–Trinajstić information content (AvgIpc) is 2.38. The van der Waals surface area contributed by atoms with Crippen LogP contribution < -0.4 is 4.74 Å². The van der Waals surface area contributed by atoms with E-state index in [9.17, 15) is 4.79 Å². The highest BCUT2D eigenvalue weighted by Crippen LogP contribution is 2.33. The van der Waals surface area contributed by atoms with Gasteiger partial charge in [-0.25, -0.2) is 0 Å². The molecule has 0 unspecified atom stereocenters. The van der Waals surface area contributed by atoms with Crippen LogP contribution in [0.4, 0.5) is 0 Å². The van der Waals surface area contributed by atoms with Crippen LogP contribution in [0.5, 0.6) is 5.75 Å². The predicted octanol–water partition coefficient (Wildman–Crippen LogP) is 2.88. The van der Waals surface area contributed by atoms with Gasteiger partial charge in [-0.3, -0.25) is 9.78 Å². The topological polar surface area (TPSA) is 39.2 Å². The fourth-order valence-corrected chi connectivity index (χ4v) is 1.89. The van der Waals surface area contributed by atoms with Crippen LogP contribution in [0.1, 0.15) is 15.9 Å². The van der Waals surface area contributed by atoms with Gasteiger partial charge in [0, 0.05) is 29.1 Å². The number of hydrogen-bond acceptors (Lipinski definition) is 3. The fourth-order valence-electron chi connectivity index (χ4n) is 1.89. The summed E-state index contributed by atoms with van der Waals surface area (Å²) in [5, 5.41) is 0. The van der Waals surface area contributed by atoms with Crippen molar-refractivity contribution < 1.29 is 9.53 Å². The van der Waals surface area contributed by atoms with Crippen molar-refractivity contribution in [2.75, 3.05) is 7.11 Å². The van der Waals surface area contributed by atoms with E-state index in [1.54, 1.807) is 19.5 Å². The molecule has 3 nitrogen and oxygen atoms in total. The maximum atomic E-state index is 11.1. The summed E-state index contributed by atoms with van der Waals surface area (Å²) in [4.78, 5) is 15.1. The molecule has 1 aromatic carbocycles. The van der Waals surface area contributed by atoms with Crippen LogP contribution in [0.25, 0.3) is 11.1 Å². The first-order valence-corrected chi connectivity index (χ1v) is 5.31. The van der Waals surface area contributed by atoms with E-state index >= 15 is 0 Å². The number of aldehydes is 1. The highest BCUT2D eigenvalue weighted by Gasteiger charge is 2.12. The largest absolute Gasteiger partial charge is 0.496 e. The zero-order valence-corrected chi connectivity index (χ0v) is 9.81. The van der Waals surface area contributed by atoms with Crippen molar-refractivity contribution in [3.63, 3.8) is 0 Å². The molecule has 1 aromatic heterocycles. The molecule has 2 rings (SSSR count). The zero-order chi connectivity index (χ0) is 12.3. The Kier molecular flexibility index (Phi) is 3.19. The summed E-state index contributed by atoms with van der Waals surface area (Å²) in [6.45, 7) is 1.93. The SMILES string of the molecule is COc1ccccc1-c1c(C)cncc1C=O. The van der Waals surface area contributed by atoms with Gasteiger partial charge in [-0.2, -0.15) is 0 Å². The molecule has 3 heteroatoms. The van der Waals surface area contributed by atoms with Crippen LogP contribution in [0.15, 0.2) is 36.7 Å². The predicted molar refractivity (Wildman–Crippen MR) is 66.3 cm³/mol. The molecular formula is C14H13NO2. The van der Waals surface area contributed by atoms with E-state index in [0.29, 0.717) is 5.56 Å². The van der Waals surface area contributed by atoms with Crippen LogP contribution in [0, 0.1) is 6.92 Å². The number of ether oxygens (including phenoxy) is 1. The Morgan fingerprint density at radius 3 is 2.71 bits per heavy atom. The van der Waals surface area contributed by atoms with Gasteiger partial charge in [0.05, 0.1) is 7.11 Å². The molecule has 0 saturated heterocycles. The third kappa shape index (κ3) is 2.04. The monoisotopic (exact) mass is 227 g/mol. The molecule has 86 valence electrons. The third-order valence-corrected chi connectivity index (χ3v) is 2.67. The molecule has 0 spiro atoms. The number of carbonyl (C=O) groups excluding carboxylic acids is 1. The van der Waals surface area contributed by atoms with Crippen molar-refractivity contribution in [3.05, 3.63) is 47.8 Å². The quantitative estimate of drug-likeness (QED) is 0.757. The first kappa shape index (κ1) is 11.3. The van der Waals surface area contributed by atoms with Crippen LogP contribution in [0.2, 0.25) is 0 Å². The molecule has 0 saturated carbocycles. The minimum absolute atomic E-state index is 0.578. The Balaban J connectivity index is 2.71. The first-order chi connectivity index (χ1) is 8.27. The number of aryl methyl sites for hydroxylation is 1. The Morgan fingerprint density at radius 1 is 1.24 bits per heavy atom. The highest BCUT2D eigenvalue weighted by atomic mass is 16.5. The minimum atomic E-state index is 0.578. The second kappa shape index (κ2) is 4.78. The number of pyridine rings is 1. The Hall–Kier alpha value is -2.16. The van der Waals surface area contributed by atoms with E-state index in [0.717, 1.165) is 28.7 Å². The molecule has 0 aliphatic carbocycles. The van der Waals surface area contributed by atoms with Gasteiger partial charge in [-0.1, -0.05) is 18.2 Å². The smallest absolute Gasteiger partial charge is 0.152 e. The van der Waals surface area contributed by atoms with Gasteiger partial charge in [0.2, 0.25) is 0 Å². The van der Waals surface area contributed by atoms with E-state index in [1.165, 1.54) is 0 Å². The van der Waals surface area contributed by atoms with Crippen LogP contribution in [-0.4, -0.2) is 18.4 Å². The van der Waals surface area contributed by atoms with Crippen molar-refractivity contribution >= 4 is 6.29 Å². The summed E-state index contributed by atoms with van der Waals surface area (Å²) >= 11 is 0. The van der Waals surface area contributed by atoms with Crippen molar-refractivity contribution in [3.8, 4) is 16.9 Å². The van der Waals surface area contributed by atoms with Gasteiger partial charge >= 0.3 is 0 Å². The lowest BCUT2D eigenvalue weighted by Crippen LogP contribution is -1.95. The van der Waals surface area contributed by atoms with Crippen LogP contribution in [0.3, 0.4) is 0 Å². The number of hydrogen-bond donors (Lipinski definition) is 0. The number of para-hydroxylation sites is 1. The number of nitrogens with zero attached hydrogens (tertiary/aromatic N) is 1. The zero-order valence-electron chi connectivity index (χ0n) is 9.81. The molecule has 0 amide bonds. The molecule has 0 N–H and O–H groups in total. The Labute approximate surface area is 100 Å². The first-order valence-electron chi connectivity index (χ1n) is 5.31. The van der Waals surface area contributed by atoms with Gasteiger partial charge in [0.15, 0.2) is 6.29 Å². The number of rotatable bonds is 3. The number of benzene rings is 1. The van der Waals surface area contributed by atoms with E-state index in [-0.39, 0.29) is 0 Å². The highest BCUT2D eigenvalue weighted by molar-refractivity contribution is 5.90. The Morgan fingerprint density at radius 2 is 2.00 bits per heavy atom. The summed E-state index contributed by atoms with van der Waals surface area (Å²) in [6.07, 6.45) is 4.14. The van der Waals surface area contributed by atoms with E-state index < -0.39 is 0 Å². The van der Waals surface area contributed by atoms with Gasteiger partial charge in [-0.05, 0) is 18.6 Å².